The van der Waals surface area contributed by atoms with Crippen LogP contribution in [0.3, 0.4) is 0 Å². The molecular weight excluding hydrogens is 450 g/mol. The number of hydrogen-bond donors (Lipinski definition) is 1. The van der Waals surface area contributed by atoms with Gasteiger partial charge in [0.2, 0.25) is 5.91 Å². The Bertz CT molecular complexity index is 1350. The number of pyridine rings is 2. The smallest absolute Gasteiger partial charge is 0.324 e. The molecule has 1 aromatic carbocycles. The van der Waals surface area contributed by atoms with Gasteiger partial charge in [0.05, 0.1) is 35.0 Å². The van der Waals surface area contributed by atoms with E-state index in [0.29, 0.717) is 17.5 Å². The van der Waals surface area contributed by atoms with Crippen molar-refractivity contribution >= 4 is 17.4 Å². The number of benzene rings is 1. The predicted octanol–water partition coefficient (Wildman–Crippen LogP) is 4.95. The van der Waals surface area contributed by atoms with Crippen LogP contribution in [0.25, 0.3) is 11.1 Å². The van der Waals surface area contributed by atoms with Gasteiger partial charge in [-0.2, -0.15) is 13.2 Å². The lowest BCUT2D eigenvalue weighted by atomic mass is 9.95. The van der Waals surface area contributed by atoms with Gasteiger partial charge < -0.3 is 5.32 Å². The van der Waals surface area contributed by atoms with E-state index in [9.17, 15) is 27.2 Å². The number of halogens is 4. The van der Waals surface area contributed by atoms with Crippen LogP contribution in [0.1, 0.15) is 40.9 Å². The van der Waals surface area contributed by atoms with Gasteiger partial charge in [-0.1, -0.05) is 12.1 Å². The molecule has 3 aromatic rings. The highest BCUT2D eigenvalue weighted by Gasteiger charge is 2.56. The van der Waals surface area contributed by atoms with E-state index in [1.165, 1.54) is 19.1 Å². The molecule has 9 heteroatoms. The number of nitrogens with one attached hydrogen (secondary N) is 1. The third kappa shape index (κ3) is 3.85. The normalized spacial score (nSPS) is 16.0. The zero-order valence-electron chi connectivity index (χ0n) is 18.1. The molecule has 0 radical (unpaired) electrons. The molecule has 1 N–H and O–H groups in total. The van der Waals surface area contributed by atoms with Crippen LogP contribution < -0.4 is 5.32 Å². The van der Waals surface area contributed by atoms with Crippen molar-refractivity contribution in [3.8, 4) is 11.1 Å². The second-order valence-electron chi connectivity index (χ2n) is 8.79. The van der Waals surface area contributed by atoms with Crippen LogP contribution in [0.4, 0.5) is 23.2 Å². The number of amides is 1. The molecule has 2 aliphatic carbocycles. The number of ketones is 1. The van der Waals surface area contributed by atoms with Crippen molar-refractivity contribution < 1.29 is 27.2 Å². The number of Topliss-reactive ketones (excluding diaryl/α,β-unsaturated/α-hetero) is 1. The minimum Gasteiger partial charge on any atom is -0.324 e. The number of anilines is 1. The van der Waals surface area contributed by atoms with E-state index in [1.807, 2.05) is 6.07 Å². The summed E-state index contributed by atoms with van der Waals surface area (Å²) in [5.74, 6) is -1.10. The van der Waals surface area contributed by atoms with E-state index in [-0.39, 0.29) is 29.1 Å². The second-order valence-corrected chi connectivity index (χ2v) is 8.79. The fraction of sp³-hybridized carbons (Fsp3) is 0.280. The topological polar surface area (TPSA) is 72.0 Å². The van der Waals surface area contributed by atoms with Gasteiger partial charge in [0.25, 0.3) is 0 Å². The fourth-order valence-corrected chi connectivity index (χ4v) is 4.49. The number of rotatable bonds is 4. The molecule has 0 bridgehead atoms. The molecule has 1 amide bonds. The summed E-state index contributed by atoms with van der Waals surface area (Å²) >= 11 is 0. The highest BCUT2D eigenvalue weighted by molar-refractivity contribution is 5.99. The molecule has 174 valence electrons. The molecule has 0 unspecified atom stereocenters. The molecule has 2 aromatic heterocycles. The lowest BCUT2D eigenvalue weighted by Crippen LogP contribution is -2.17. The molecule has 0 atom stereocenters. The van der Waals surface area contributed by atoms with Gasteiger partial charge in [0.1, 0.15) is 11.6 Å². The summed E-state index contributed by atoms with van der Waals surface area (Å²) in [4.78, 5) is 32.7. The third-order valence-corrected chi connectivity index (χ3v) is 6.51. The summed E-state index contributed by atoms with van der Waals surface area (Å²) < 4.78 is 54.0. The lowest BCUT2D eigenvalue weighted by molar-refractivity contribution is -0.138. The molecule has 34 heavy (non-hydrogen) atoms. The van der Waals surface area contributed by atoms with Crippen molar-refractivity contribution in [3.05, 3.63) is 76.6 Å². The number of carbonyl (C=O) groups excluding carboxylic acids is 2. The van der Waals surface area contributed by atoms with Crippen LogP contribution in [-0.4, -0.2) is 21.7 Å². The second kappa shape index (κ2) is 7.72. The van der Waals surface area contributed by atoms with Crippen LogP contribution in [0.15, 0.2) is 42.7 Å². The zero-order valence-corrected chi connectivity index (χ0v) is 18.1. The largest absolute Gasteiger partial charge is 0.418 e. The minimum atomic E-state index is -4.60. The first-order valence-electron chi connectivity index (χ1n) is 10.7. The Morgan fingerprint density at radius 2 is 1.85 bits per heavy atom. The molecule has 0 saturated heterocycles. The maximum absolute atomic E-state index is 14.8. The maximum Gasteiger partial charge on any atom is 0.418 e. The van der Waals surface area contributed by atoms with Gasteiger partial charge in [-0.15, -0.1) is 0 Å². The van der Waals surface area contributed by atoms with Crippen molar-refractivity contribution in [3.63, 3.8) is 0 Å². The Balaban J connectivity index is 1.32. The van der Waals surface area contributed by atoms with E-state index in [2.05, 4.69) is 15.3 Å². The first kappa shape index (κ1) is 22.2. The Kier molecular flexibility index (Phi) is 5.03. The quantitative estimate of drug-likeness (QED) is 0.549. The van der Waals surface area contributed by atoms with Crippen LogP contribution in [0, 0.1) is 12.7 Å². The van der Waals surface area contributed by atoms with Gasteiger partial charge in [0.15, 0.2) is 0 Å². The molecule has 2 aliphatic rings. The number of aryl methyl sites for hydroxylation is 1. The summed E-state index contributed by atoms with van der Waals surface area (Å²) in [6, 6.07) is 7.10. The van der Waals surface area contributed by atoms with Gasteiger partial charge >= 0.3 is 6.18 Å². The van der Waals surface area contributed by atoms with Gasteiger partial charge in [-0.05, 0) is 54.7 Å². The van der Waals surface area contributed by atoms with Crippen LogP contribution in [0.5, 0.6) is 0 Å². The molecule has 1 saturated carbocycles. The molecule has 5 nitrogen and oxygen atoms in total. The highest BCUT2D eigenvalue weighted by atomic mass is 19.4. The number of carbonyl (C=O) groups is 2. The van der Waals surface area contributed by atoms with Crippen molar-refractivity contribution in [1.29, 1.82) is 0 Å². The number of fused-ring (bicyclic) bond motifs is 2. The maximum atomic E-state index is 14.8. The monoisotopic (exact) mass is 469 g/mol. The SMILES string of the molecule is Cc1ncc(NC(=O)Cc2ccc(-c3cnc4c(c3)C3(CC3)C(=O)C4)cc2F)cc1C(F)(F)F. The molecule has 0 aliphatic heterocycles. The average molecular weight is 469 g/mol. The van der Waals surface area contributed by atoms with Gasteiger partial charge in [-0.25, -0.2) is 4.39 Å². The van der Waals surface area contributed by atoms with Crippen LogP contribution in [0.2, 0.25) is 0 Å². The van der Waals surface area contributed by atoms with Crippen molar-refractivity contribution in [2.24, 2.45) is 0 Å². The zero-order chi connectivity index (χ0) is 24.3. The summed E-state index contributed by atoms with van der Waals surface area (Å²) in [7, 11) is 0. The summed E-state index contributed by atoms with van der Waals surface area (Å²) in [6.45, 7) is 1.23. The number of nitrogens with zero attached hydrogens (tertiary/aromatic N) is 2. The standard InChI is InChI=1S/C25H19F4N3O2/c1-13-18(25(27,28)29)9-17(12-30-13)32-23(34)8-15-3-2-14(7-20(15)26)16-6-19-21(31-11-16)10-22(33)24(19)4-5-24/h2-3,6-7,9,11-12H,4-5,8,10H2,1H3,(H,32,34). The van der Waals surface area contributed by atoms with E-state index in [0.717, 1.165) is 36.4 Å². The first-order valence-corrected chi connectivity index (χ1v) is 10.7. The Morgan fingerprint density at radius 3 is 2.53 bits per heavy atom. The predicted molar refractivity (Wildman–Crippen MR) is 116 cm³/mol. The molecule has 2 heterocycles. The Hall–Kier alpha value is -3.62. The fourth-order valence-electron chi connectivity index (χ4n) is 4.49. The third-order valence-electron chi connectivity index (χ3n) is 6.51. The van der Waals surface area contributed by atoms with Gasteiger partial charge in [0, 0.05) is 23.9 Å². The molecule has 5 rings (SSSR count). The van der Waals surface area contributed by atoms with E-state index in [4.69, 9.17) is 0 Å². The molecule has 1 fully saturated rings. The number of alkyl halides is 3. The van der Waals surface area contributed by atoms with Crippen molar-refractivity contribution in [2.75, 3.05) is 5.32 Å². The average Bonchev–Trinajstić information content (AvgIpc) is 3.53. The van der Waals surface area contributed by atoms with Crippen molar-refractivity contribution in [2.45, 2.75) is 44.2 Å². The molecule has 1 spiro atoms. The van der Waals surface area contributed by atoms with E-state index < -0.39 is 28.9 Å². The number of hydrogen-bond acceptors (Lipinski definition) is 4. The molecular formula is C25H19F4N3O2. The van der Waals surface area contributed by atoms with E-state index >= 15 is 0 Å². The van der Waals surface area contributed by atoms with E-state index in [1.54, 1.807) is 12.3 Å². The Morgan fingerprint density at radius 1 is 1.09 bits per heavy atom. The Labute approximate surface area is 192 Å². The lowest BCUT2D eigenvalue weighted by Gasteiger charge is -2.12. The minimum absolute atomic E-state index is 0.0975. The van der Waals surface area contributed by atoms with Crippen LogP contribution >= 0.6 is 0 Å². The summed E-state index contributed by atoms with van der Waals surface area (Å²) in [5.41, 5.74) is 1.36. The summed E-state index contributed by atoms with van der Waals surface area (Å²) in [5, 5.41) is 2.34. The summed E-state index contributed by atoms with van der Waals surface area (Å²) in [6.07, 6.45) is -0.267. The van der Waals surface area contributed by atoms with Crippen molar-refractivity contribution in [1.82, 2.24) is 9.97 Å². The number of aromatic nitrogens is 2. The van der Waals surface area contributed by atoms with Crippen LogP contribution in [-0.2, 0) is 34.0 Å². The first-order chi connectivity index (χ1) is 16.1. The van der Waals surface area contributed by atoms with Gasteiger partial charge in [-0.3, -0.25) is 19.6 Å². The highest BCUT2D eigenvalue weighted by Crippen LogP contribution is 2.54.